The summed E-state index contributed by atoms with van der Waals surface area (Å²) in [6.07, 6.45) is -5.45. The molecule has 13 nitrogen and oxygen atoms in total. The number of hydrogen-bond donors (Lipinski definition) is 7. The lowest BCUT2D eigenvalue weighted by Crippen LogP contribution is -2.68. The lowest BCUT2D eigenvalue weighted by Gasteiger charge is -2.64. The molecular formula is C41H66O13. The van der Waals surface area contributed by atoms with Crippen molar-refractivity contribution in [3.63, 3.8) is 0 Å². The molecule has 13 heteroatoms. The molecule has 18 atom stereocenters. The molecule has 0 aromatic rings. The second kappa shape index (κ2) is 13.7. The Morgan fingerprint density at radius 1 is 0.870 bits per heavy atom. The summed E-state index contributed by atoms with van der Waals surface area (Å²) in [5.41, 5.74) is -4.43. The number of esters is 1. The van der Waals surface area contributed by atoms with E-state index in [0.29, 0.717) is 38.0 Å². The van der Waals surface area contributed by atoms with E-state index in [-0.39, 0.29) is 30.0 Å². The number of allylic oxidation sites excluding steroid dienone is 1. The van der Waals surface area contributed by atoms with Gasteiger partial charge >= 0.3 is 5.97 Å². The van der Waals surface area contributed by atoms with Gasteiger partial charge in [-0.05, 0) is 99.2 Å². The van der Waals surface area contributed by atoms with Gasteiger partial charge in [-0.3, -0.25) is 4.79 Å². The summed E-state index contributed by atoms with van der Waals surface area (Å²) in [5, 5.41) is 77.8. The summed E-state index contributed by atoms with van der Waals surface area (Å²) in [5.74, 6) is 0.0586. The zero-order valence-corrected chi connectivity index (χ0v) is 33.3. The minimum Gasteiger partial charge on any atom is -0.456 e. The normalized spacial score (nSPS) is 54.0. The molecule has 0 bridgehead atoms. The van der Waals surface area contributed by atoms with Crippen molar-refractivity contribution in [2.24, 2.45) is 39.4 Å². The number of fused-ring (bicyclic) bond motifs is 4. The first-order valence-corrected chi connectivity index (χ1v) is 20.4. The second-order valence-corrected chi connectivity index (χ2v) is 19.7. The minimum atomic E-state index is -1.62. The van der Waals surface area contributed by atoms with Gasteiger partial charge in [-0.15, -0.1) is 0 Å². The van der Waals surface area contributed by atoms with Crippen molar-refractivity contribution in [2.75, 3.05) is 6.61 Å². The maximum Gasteiger partial charge on any atom is 0.319 e. The molecule has 0 radical (unpaired) electrons. The van der Waals surface area contributed by atoms with Crippen LogP contribution in [0.2, 0.25) is 0 Å². The molecule has 0 amide bonds. The first-order valence-electron chi connectivity index (χ1n) is 20.4. The molecule has 1 spiro atoms. The topological polar surface area (TPSA) is 205 Å². The largest absolute Gasteiger partial charge is 0.456 e. The lowest BCUT2D eigenvalue weighted by molar-refractivity contribution is -0.363. The quantitative estimate of drug-likeness (QED) is 0.108. The molecule has 54 heavy (non-hydrogen) atoms. The van der Waals surface area contributed by atoms with E-state index >= 15 is 0 Å². The fraction of sp³-hybridized carbons (Fsp3) is 0.927. The van der Waals surface area contributed by atoms with Gasteiger partial charge in [0.25, 0.3) is 0 Å². The Morgan fingerprint density at radius 2 is 1.57 bits per heavy atom. The number of rotatable bonds is 8. The highest BCUT2D eigenvalue weighted by Gasteiger charge is 2.85. The zero-order chi connectivity index (χ0) is 39.6. The van der Waals surface area contributed by atoms with E-state index in [0.717, 1.165) is 31.3 Å². The van der Waals surface area contributed by atoms with E-state index in [1.807, 2.05) is 13.0 Å². The molecule has 7 aliphatic rings. The van der Waals surface area contributed by atoms with Gasteiger partial charge < -0.3 is 59.4 Å². The number of carbonyl (C=O) groups is 1. The molecule has 2 unspecified atom stereocenters. The van der Waals surface area contributed by atoms with Gasteiger partial charge in [-0.25, -0.2) is 0 Å². The average Bonchev–Trinajstić information content (AvgIpc) is 3.46. The summed E-state index contributed by atoms with van der Waals surface area (Å²) >= 11 is 0. The molecule has 308 valence electrons. The SMILES string of the molecule is CC(C)CCC[C@]1(C)OC(=O)[C@]23[C@@H](O)C=C4C(CCC5C(C)(C)[C@@H](O[C@@H]6OC[C@@H](O)[C@H](O)[C@H]6O[C@@H]6O[C@@H](C)[C@H](O)[C@@H](O)[C@H]6O)CC[C@]45C)[C@]2(C)CC[C@@]31O. The van der Waals surface area contributed by atoms with Crippen LogP contribution in [0.5, 0.6) is 0 Å². The molecule has 3 heterocycles. The summed E-state index contributed by atoms with van der Waals surface area (Å²) in [6, 6.07) is 0. The summed E-state index contributed by atoms with van der Waals surface area (Å²) in [4.78, 5) is 14.3. The Bertz CT molecular complexity index is 1470. The van der Waals surface area contributed by atoms with Crippen LogP contribution in [0.4, 0.5) is 0 Å². The van der Waals surface area contributed by atoms with Crippen molar-refractivity contribution in [1.29, 1.82) is 0 Å². The maximum atomic E-state index is 14.3. The number of aliphatic hydroxyl groups is 7. The molecule has 3 aliphatic heterocycles. The van der Waals surface area contributed by atoms with Gasteiger partial charge in [0, 0.05) is 0 Å². The Balaban J connectivity index is 1.14. The highest BCUT2D eigenvalue weighted by molar-refractivity contribution is 5.86. The van der Waals surface area contributed by atoms with E-state index < -0.39 is 94.8 Å². The molecule has 7 N–H and O–H groups in total. The van der Waals surface area contributed by atoms with Gasteiger partial charge in [0.15, 0.2) is 12.6 Å². The predicted octanol–water partition coefficient (Wildman–Crippen LogP) is 2.48. The van der Waals surface area contributed by atoms with Crippen LogP contribution in [0.3, 0.4) is 0 Å². The van der Waals surface area contributed by atoms with E-state index in [1.54, 1.807) is 0 Å². The Kier molecular flexibility index (Phi) is 10.4. The van der Waals surface area contributed by atoms with Gasteiger partial charge in [0.1, 0.15) is 53.2 Å². The predicted molar refractivity (Wildman–Crippen MR) is 193 cm³/mol. The molecule has 7 rings (SSSR count). The van der Waals surface area contributed by atoms with Crippen LogP contribution in [0, 0.1) is 39.4 Å². The summed E-state index contributed by atoms with van der Waals surface area (Å²) < 4.78 is 30.5. The minimum absolute atomic E-state index is 0.0377. The first-order chi connectivity index (χ1) is 25.1. The fourth-order valence-electron chi connectivity index (χ4n) is 12.9. The third-order valence-electron chi connectivity index (χ3n) is 16.1. The van der Waals surface area contributed by atoms with Crippen LogP contribution in [-0.4, -0.2) is 127 Å². The third-order valence-corrected chi connectivity index (χ3v) is 16.1. The molecular weight excluding hydrogens is 700 g/mol. The van der Waals surface area contributed by atoms with Crippen LogP contribution in [-0.2, 0) is 28.5 Å². The number of aliphatic hydroxyl groups excluding tert-OH is 6. The van der Waals surface area contributed by atoms with Gasteiger partial charge in [-0.2, -0.15) is 0 Å². The molecule has 0 aromatic heterocycles. The van der Waals surface area contributed by atoms with Crippen molar-refractivity contribution < 1.29 is 64.2 Å². The Morgan fingerprint density at radius 3 is 2.26 bits per heavy atom. The fourth-order valence-corrected chi connectivity index (χ4v) is 12.9. The summed E-state index contributed by atoms with van der Waals surface area (Å²) in [6.45, 7) is 16.2. The van der Waals surface area contributed by atoms with Crippen LogP contribution in [0.1, 0.15) is 113 Å². The number of cyclic esters (lactones) is 1. The van der Waals surface area contributed by atoms with Crippen LogP contribution in [0.25, 0.3) is 0 Å². The van der Waals surface area contributed by atoms with Crippen LogP contribution < -0.4 is 0 Å². The van der Waals surface area contributed by atoms with Crippen molar-refractivity contribution in [2.45, 2.75) is 192 Å². The third kappa shape index (κ3) is 5.53. The van der Waals surface area contributed by atoms with Gasteiger partial charge in [0.2, 0.25) is 0 Å². The van der Waals surface area contributed by atoms with E-state index in [1.165, 1.54) is 6.92 Å². The smallest absolute Gasteiger partial charge is 0.319 e. The highest BCUT2D eigenvalue weighted by Crippen LogP contribution is 2.77. The van der Waals surface area contributed by atoms with E-state index in [4.69, 9.17) is 23.7 Å². The Hall–Kier alpha value is -1.23. The van der Waals surface area contributed by atoms with Crippen molar-refractivity contribution in [1.82, 2.24) is 0 Å². The monoisotopic (exact) mass is 766 g/mol. The van der Waals surface area contributed by atoms with Crippen molar-refractivity contribution in [3.05, 3.63) is 11.6 Å². The van der Waals surface area contributed by atoms with Crippen LogP contribution >= 0.6 is 0 Å². The molecule has 3 saturated carbocycles. The Labute approximate surface area is 319 Å². The summed E-state index contributed by atoms with van der Waals surface area (Å²) in [7, 11) is 0. The standard InChI is InChI=1S/C41H66O13/c1-20(2)10-9-14-39(8)40(49)17-16-38(7)22-11-12-25-36(4,5)27(13-15-37(25,6)23(22)18-26(43)41(38,40)35(48)54-39)52-34-32(29(45)24(42)19-50-34)53-33-31(47)30(46)28(44)21(3)51-33/h18,20-22,24-34,42-47,49H,9-17,19H2,1-8H3/t21-,22?,24+,25?,26-,27-,28-,29-,30+,31+,32+,33-,34-,37+,38-,39-,40-,41+/m0/s1. The molecule has 3 saturated heterocycles. The highest BCUT2D eigenvalue weighted by atomic mass is 16.8. The van der Waals surface area contributed by atoms with E-state index in [9.17, 15) is 40.5 Å². The van der Waals surface area contributed by atoms with Gasteiger partial charge in [-0.1, -0.05) is 59.6 Å². The lowest BCUT2D eigenvalue weighted by atomic mass is 9.40. The maximum absolute atomic E-state index is 14.3. The molecule has 4 aliphatic carbocycles. The average molecular weight is 767 g/mol. The number of carbonyl (C=O) groups excluding carboxylic acids is 1. The number of ether oxygens (including phenoxy) is 5. The molecule has 6 fully saturated rings. The molecule has 0 aromatic carbocycles. The number of hydrogen-bond acceptors (Lipinski definition) is 13. The van der Waals surface area contributed by atoms with Crippen molar-refractivity contribution in [3.8, 4) is 0 Å². The zero-order valence-electron chi connectivity index (χ0n) is 33.3. The van der Waals surface area contributed by atoms with Crippen LogP contribution in [0.15, 0.2) is 11.6 Å². The van der Waals surface area contributed by atoms with E-state index in [2.05, 4.69) is 41.5 Å². The van der Waals surface area contributed by atoms with Gasteiger partial charge in [0.05, 0.1) is 24.9 Å². The first kappa shape index (κ1) is 40.9. The second-order valence-electron chi connectivity index (χ2n) is 19.7. The van der Waals surface area contributed by atoms with Crippen molar-refractivity contribution >= 4 is 5.97 Å².